The summed E-state index contributed by atoms with van der Waals surface area (Å²) in [7, 11) is 0. The van der Waals surface area contributed by atoms with E-state index in [9.17, 15) is 15.0 Å². The predicted octanol–water partition coefficient (Wildman–Crippen LogP) is 5.22. The summed E-state index contributed by atoms with van der Waals surface area (Å²) in [6, 6.07) is 15.0. The molecule has 0 heterocycles. The molecule has 2 N–H and O–H groups in total. The Balaban J connectivity index is 1.61. The molecule has 2 aromatic rings. The van der Waals surface area contributed by atoms with Crippen molar-refractivity contribution in [2.75, 3.05) is 0 Å². The van der Waals surface area contributed by atoms with Crippen molar-refractivity contribution in [3.63, 3.8) is 0 Å². The molecule has 28 heavy (non-hydrogen) atoms. The largest absolute Gasteiger partial charge is 0.385 e. The van der Waals surface area contributed by atoms with Crippen LogP contribution in [0.4, 0.5) is 0 Å². The lowest BCUT2D eigenvalue weighted by atomic mass is 9.78. The second-order valence-corrected chi connectivity index (χ2v) is 8.68. The molecule has 2 aliphatic rings. The first-order valence-corrected chi connectivity index (χ1v) is 10.7. The summed E-state index contributed by atoms with van der Waals surface area (Å²) in [6.07, 6.45) is 9.45. The molecule has 0 bridgehead atoms. The van der Waals surface area contributed by atoms with Crippen LogP contribution in [0, 0.1) is 0 Å². The van der Waals surface area contributed by atoms with Crippen LogP contribution in [0.25, 0.3) is 0 Å². The molecule has 0 unspecified atom stereocenters. The number of hydrogen-bond acceptors (Lipinski definition) is 3. The van der Waals surface area contributed by atoms with Crippen LogP contribution < -0.4 is 0 Å². The van der Waals surface area contributed by atoms with Crippen molar-refractivity contribution >= 4 is 5.78 Å². The van der Waals surface area contributed by atoms with E-state index >= 15 is 0 Å². The molecule has 0 radical (unpaired) electrons. The number of hydrogen-bond donors (Lipinski definition) is 2. The van der Waals surface area contributed by atoms with E-state index in [1.165, 1.54) is 0 Å². The fourth-order valence-corrected chi connectivity index (χ4v) is 4.92. The lowest BCUT2D eigenvalue weighted by Gasteiger charge is -2.33. The van der Waals surface area contributed by atoms with Gasteiger partial charge in [-0.2, -0.15) is 0 Å². The van der Waals surface area contributed by atoms with Gasteiger partial charge in [0.15, 0.2) is 5.78 Å². The van der Waals surface area contributed by atoms with Crippen molar-refractivity contribution in [2.24, 2.45) is 0 Å². The van der Waals surface area contributed by atoms with E-state index < -0.39 is 11.2 Å². The van der Waals surface area contributed by atoms with E-state index in [0.717, 1.165) is 75.3 Å². The van der Waals surface area contributed by atoms with Crippen LogP contribution in [0.15, 0.2) is 48.5 Å². The van der Waals surface area contributed by atoms with Crippen LogP contribution in [0.2, 0.25) is 0 Å². The highest BCUT2D eigenvalue weighted by Gasteiger charge is 2.33. The number of ketones is 1. The maximum Gasteiger partial charge on any atom is 0.193 e. The van der Waals surface area contributed by atoms with E-state index in [1.807, 2.05) is 48.5 Å². The molecule has 3 heteroatoms. The Kier molecular flexibility index (Phi) is 5.39. The van der Waals surface area contributed by atoms with Crippen LogP contribution in [0.5, 0.6) is 0 Å². The molecule has 2 fully saturated rings. The molecule has 2 aromatic carbocycles. The highest BCUT2D eigenvalue weighted by molar-refractivity contribution is 6.09. The molecule has 0 atom stereocenters. The highest BCUT2D eigenvalue weighted by Crippen LogP contribution is 2.38. The SMILES string of the molecule is O=C(c1cccc(C2(O)CCCCC2)c1)c1cccc(C2(O)CCCCC2)c1. The predicted molar refractivity (Wildman–Crippen MR) is 110 cm³/mol. The zero-order chi connectivity index (χ0) is 19.6. The summed E-state index contributed by atoms with van der Waals surface area (Å²) < 4.78 is 0. The van der Waals surface area contributed by atoms with Gasteiger partial charge >= 0.3 is 0 Å². The molecule has 148 valence electrons. The molecule has 3 nitrogen and oxygen atoms in total. The van der Waals surface area contributed by atoms with E-state index in [0.29, 0.717) is 11.1 Å². The van der Waals surface area contributed by atoms with Crippen molar-refractivity contribution in [2.45, 2.75) is 75.4 Å². The molecule has 0 aliphatic heterocycles. The van der Waals surface area contributed by atoms with Crippen LogP contribution in [-0.2, 0) is 11.2 Å². The zero-order valence-electron chi connectivity index (χ0n) is 16.5. The minimum atomic E-state index is -0.812. The Hall–Kier alpha value is -1.97. The molecule has 0 aromatic heterocycles. The number of benzene rings is 2. The van der Waals surface area contributed by atoms with Gasteiger partial charge in [0, 0.05) is 11.1 Å². The van der Waals surface area contributed by atoms with Crippen molar-refractivity contribution in [3.05, 3.63) is 70.8 Å². The second-order valence-electron chi connectivity index (χ2n) is 8.68. The second kappa shape index (κ2) is 7.81. The first kappa shape index (κ1) is 19.4. The first-order valence-electron chi connectivity index (χ1n) is 10.7. The average molecular weight is 379 g/mol. The van der Waals surface area contributed by atoms with Gasteiger partial charge in [-0.15, -0.1) is 0 Å². The minimum Gasteiger partial charge on any atom is -0.385 e. The van der Waals surface area contributed by atoms with Gasteiger partial charge in [0.1, 0.15) is 0 Å². The van der Waals surface area contributed by atoms with E-state index in [-0.39, 0.29) is 5.78 Å². The maximum absolute atomic E-state index is 13.2. The molecule has 2 saturated carbocycles. The summed E-state index contributed by atoms with van der Waals surface area (Å²) in [6.45, 7) is 0. The Morgan fingerprint density at radius 2 is 1.04 bits per heavy atom. The van der Waals surface area contributed by atoms with Gasteiger partial charge in [-0.3, -0.25) is 4.79 Å². The molecular formula is C25H30O3. The van der Waals surface area contributed by atoms with Crippen molar-refractivity contribution in [1.82, 2.24) is 0 Å². The summed E-state index contributed by atoms with van der Waals surface area (Å²) in [4.78, 5) is 13.2. The van der Waals surface area contributed by atoms with Gasteiger partial charge in [-0.1, -0.05) is 74.9 Å². The quantitative estimate of drug-likeness (QED) is 0.717. The minimum absolute atomic E-state index is 0.0532. The summed E-state index contributed by atoms with van der Waals surface area (Å²) in [5, 5.41) is 22.0. The smallest absolute Gasteiger partial charge is 0.193 e. The van der Waals surface area contributed by atoms with E-state index in [1.54, 1.807) is 0 Å². The molecule has 0 saturated heterocycles. The monoisotopic (exact) mass is 378 g/mol. The van der Waals surface area contributed by atoms with Gasteiger partial charge in [0.2, 0.25) is 0 Å². The van der Waals surface area contributed by atoms with E-state index in [4.69, 9.17) is 0 Å². The van der Waals surface area contributed by atoms with Crippen molar-refractivity contribution in [3.8, 4) is 0 Å². The van der Waals surface area contributed by atoms with Crippen LogP contribution >= 0.6 is 0 Å². The number of carbonyl (C=O) groups excluding carboxylic acids is 1. The third-order valence-corrected chi connectivity index (χ3v) is 6.69. The summed E-state index contributed by atoms with van der Waals surface area (Å²) in [5.74, 6) is -0.0532. The van der Waals surface area contributed by atoms with Crippen LogP contribution in [0.1, 0.15) is 91.3 Å². The van der Waals surface area contributed by atoms with Crippen LogP contribution in [0.3, 0.4) is 0 Å². The van der Waals surface area contributed by atoms with Gasteiger partial charge in [-0.05, 0) is 48.9 Å². The molecule has 0 amide bonds. The Morgan fingerprint density at radius 3 is 1.43 bits per heavy atom. The molecule has 0 spiro atoms. The third-order valence-electron chi connectivity index (χ3n) is 6.69. The zero-order valence-corrected chi connectivity index (χ0v) is 16.5. The van der Waals surface area contributed by atoms with Gasteiger partial charge in [0.05, 0.1) is 11.2 Å². The maximum atomic E-state index is 13.2. The summed E-state index contributed by atoms with van der Waals surface area (Å²) >= 11 is 0. The van der Waals surface area contributed by atoms with E-state index in [2.05, 4.69) is 0 Å². The van der Waals surface area contributed by atoms with Gasteiger partial charge in [-0.25, -0.2) is 0 Å². The van der Waals surface area contributed by atoms with Crippen molar-refractivity contribution in [1.29, 1.82) is 0 Å². The Morgan fingerprint density at radius 1 is 0.643 bits per heavy atom. The van der Waals surface area contributed by atoms with Crippen molar-refractivity contribution < 1.29 is 15.0 Å². The number of aliphatic hydroxyl groups is 2. The Labute approximate surface area is 167 Å². The standard InChI is InChI=1S/C25H30O3/c26-23(19-9-7-11-21(17-19)24(27)13-3-1-4-14-24)20-10-8-12-22(18-20)25(28)15-5-2-6-16-25/h7-12,17-18,27-28H,1-6,13-16H2. The third kappa shape index (κ3) is 3.78. The first-order chi connectivity index (χ1) is 13.5. The lowest BCUT2D eigenvalue weighted by molar-refractivity contribution is -0.000941. The van der Waals surface area contributed by atoms with Crippen LogP contribution in [-0.4, -0.2) is 16.0 Å². The van der Waals surface area contributed by atoms with Gasteiger partial charge in [0.25, 0.3) is 0 Å². The molecule has 2 aliphatic carbocycles. The Bertz CT molecular complexity index is 773. The molecule has 4 rings (SSSR count). The highest BCUT2D eigenvalue weighted by atomic mass is 16.3. The fraction of sp³-hybridized carbons (Fsp3) is 0.480. The lowest BCUT2D eigenvalue weighted by Crippen LogP contribution is -2.29. The average Bonchev–Trinajstić information content (AvgIpc) is 2.74. The summed E-state index contributed by atoms with van der Waals surface area (Å²) in [5.41, 5.74) is 1.27. The fourth-order valence-electron chi connectivity index (χ4n) is 4.92. The van der Waals surface area contributed by atoms with Gasteiger partial charge < -0.3 is 10.2 Å². The topological polar surface area (TPSA) is 57.5 Å². The number of rotatable bonds is 4. The normalized spacial score (nSPS) is 21.2. The molecular weight excluding hydrogens is 348 g/mol. The number of carbonyl (C=O) groups is 1.